The van der Waals surface area contributed by atoms with E-state index in [1.165, 1.54) is 0 Å². The van der Waals surface area contributed by atoms with Gasteiger partial charge in [-0.15, -0.1) is 13.2 Å². The summed E-state index contributed by atoms with van der Waals surface area (Å²) in [5.74, 6) is 0.0186. The molecule has 0 saturated carbocycles. The summed E-state index contributed by atoms with van der Waals surface area (Å²) in [5.41, 5.74) is 0.968. The fraction of sp³-hybridized carbons (Fsp3) is 0.391. The minimum atomic E-state index is -0.301. The molecule has 0 radical (unpaired) electrons. The Balaban J connectivity index is 1.89. The topological polar surface area (TPSA) is 49.9 Å². The van der Waals surface area contributed by atoms with Crippen molar-refractivity contribution in [3.8, 4) is 0 Å². The Hall–Kier alpha value is -2.82. The number of benzene rings is 1. The summed E-state index contributed by atoms with van der Waals surface area (Å²) in [5, 5.41) is 0. The van der Waals surface area contributed by atoms with E-state index >= 15 is 0 Å². The van der Waals surface area contributed by atoms with E-state index in [1.807, 2.05) is 42.5 Å². The summed E-state index contributed by atoms with van der Waals surface area (Å²) in [7, 11) is 0. The molecule has 1 saturated heterocycles. The first-order valence-electron chi connectivity index (χ1n) is 9.79. The number of piperidine rings is 1. The second-order valence-electron chi connectivity index (χ2n) is 6.81. The lowest BCUT2D eigenvalue weighted by atomic mass is 10.0. The highest BCUT2D eigenvalue weighted by Gasteiger charge is 2.26. The van der Waals surface area contributed by atoms with Gasteiger partial charge in [0, 0.05) is 26.1 Å². The highest BCUT2D eigenvalue weighted by Crippen LogP contribution is 2.20. The highest BCUT2D eigenvalue weighted by molar-refractivity contribution is 5.78. The van der Waals surface area contributed by atoms with Gasteiger partial charge in [-0.1, -0.05) is 54.6 Å². The van der Waals surface area contributed by atoms with Crippen LogP contribution in [0.2, 0.25) is 0 Å². The zero-order valence-corrected chi connectivity index (χ0v) is 16.5. The monoisotopic (exact) mass is 382 g/mol. The maximum Gasteiger partial charge on any atom is 0.410 e. The van der Waals surface area contributed by atoms with Crippen LogP contribution in [-0.4, -0.2) is 47.5 Å². The number of hydrogen-bond donors (Lipinski definition) is 0. The molecule has 0 aromatic heterocycles. The summed E-state index contributed by atoms with van der Waals surface area (Å²) < 4.78 is 5.48. The van der Waals surface area contributed by atoms with E-state index in [0.29, 0.717) is 26.1 Å². The van der Waals surface area contributed by atoms with E-state index in [0.717, 1.165) is 24.8 Å². The summed E-state index contributed by atoms with van der Waals surface area (Å²) in [4.78, 5) is 28.3. The molecule has 1 aliphatic heterocycles. The second kappa shape index (κ2) is 11.8. The molecule has 1 fully saturated rings. The van der Waals surface area contributed by atoms with Gasteiger partial charge in [-0.05, 0) is 24.8 Å². The average molecular weight is 383 g/mol. The molecule has 1 heterocycles. The van der Waals surface area contributed by atoms with Gasteiger partial charge in [0.15, 0.2) is 0 Å². The Bertz CT molecular complexity index is 674. The predicted octanol–water partition coefficient (Wildman–Crippen LogP) is 4.32. The van der Waals surface area contributed by atoms with Crippen molar-refractivity contribution < 1.29 is 14.3 Å². The SMILES string of the molecule is C=CCN(CC=C)C(=O)C/C=C/C1CCCCN1C(=O)OCc1ccccc1. The third-order valence-corrected chi connectivity index (χ3v) is 4.69. The number of hydrogen-bond acceptors (Lipinski definition) is 3. The Kier molecular flexibility index (Phi) is 9.05. The number of nitrogens with zero attached hydrogens (tertiary/aromatic N) is 2. The lowest BCUT2D eigenvalue weighted by Crippen LogP contribution is -2.43. The third kappa shape index (κ3) is 6.72. The minimum absolute atomic E-state index is 0.0186. The highest BCUT2D eigenvalue weighted by atomic mass is 16.6. The van der Waals surface area contributed by atoms with Crippen molar-refractivity contribution in [2.75, 3.05) is 19.6 Å². The van der Waals surface area contributed by atoms with Crippen molar-refractivity contribution in [2.45, 2.75) is 38.3 Å². The summed E-state index contributed by atoms with van der Waals surface area (Å²) in [6.45, 7) is 9.31. The van der Waals surface area contributed by atoms with E-state index in [1.54, 1.807) is 22.0 Å². The van der Waals surface area contributed by atoms with Crippen LogP contribution in [0.5, 0.6) is 0 Å². The van der Waals surface area contributed by atoms with Gasteiger partial charge in [-0.3, -0.25) is 4.79 Å². The average Bonchev–Trinajstić information content (AvgIpc) is 2.73. The number of carbonyl (C=O) groups excluding carboxylic acids is 2. The van der Waals surface area contributed by atoms with Gasteiger partial charge >= 0.3 is 6.09 Å². The van der Waals surface area contributed by atoms with Crippen LogP contribution in [0.4, 0.5) is 4.79 Å². The molecule has 28 heavy (non-hydrogen) atoms. The molecule has 0 N–H and O–H groups in total. The first-order valence-corrected chi connectivity index (χ1v) is 9.79. The van der Waals surface area contributed by atoms with E-state index in [9.17, 15) is 9.59 Å². The van der Waals surface area contributed by atoms with Gasteiger partial charge in [0.05, 0.1) is 6.04 Å². The number of ether oxygens (including phenoxy) is 1. The largest absolute Gasteiger partial charge is 0.445 e. The van der Waals surface area contributed by atoms with Gasteiger partial charge in [0.1, 0.15) is 6.61 Å². The third-order valence-electron chi connectivity index (χ3n) is 4.69. The minimum Gasteiger partial charge on any atom is -0.445 e. The van der Waals surface area contributed by atoms with Crippen LogP contribution in [0.15, 0.2) is 67.8 Å². The lowest BCUT2D eigenvalue weighted by molar-refractivity contribution is -0.129. The molecule has 1 aromatic carbocycles. The van der Waals surface area contributed by atoms with Crippen LogP contribution in [0.1, 0.15) is 31.2 Å². The van der Waals surface area contributed by atoms with Crippen LogP contribution in [-0.2, 0) is 16.1 Å². The molecule has 150 valence electrons. The van der Waals surface area contributed by atoms with Gasteiger partial charge in [0.2, 0.25) is 5.91 Å². The van der Waals surface area contributed by atoms with E-state index in [4.69, 9.17) is 4.74 Å². The Morgan fingerprint density at radius 1 is 1.14 bits per heavy atom. The molecule has 0 bridgehead atoms. The normalized spacial score (nSPS) is 16.6. The molecule has 2 rings (SSSR count). The van der Waals surface area contributed by atoms with E-state index < -0.39 is 0 Å². The van der Waals surface area contributed by atoms with E-state index in [-0.39, 0.29) is 24.6 Å². The molecule has 1 atom stereocenters. The van der Waals surface area contributed by atoms with Gasteiger partial charge in [0.25, 0.3) is 0 Å². The molecule has 5 nitrogen and oxygen atoms in total. The molecule has 1 aromatic rings. The lowest BCUT2D eigenvalue weighted by Gasteiger charge is -2.33. The molecule has 1 aliphatic rings. The maximum absolute atomic E-state index is 12.5. The molecule has 0 spiro atoms. The van der Waals surface area contributed by atoms with Gasteiger partial charge in [-0.25, -0.2) is 4.79 Å². The summed E-state index contributed by atoms with van der Waals surface area (Å²) in [6, 6.07) is 9.62. The number of likely N-dealkylation sites (tertiary alicyclic amines) is 1. The van der Waals surface area contributed by atoms with Crippen LogP contribution < -0.4 is 0 Å². The smallest absolute Gasteiger partial charge is 0.410 e. The maximum atomic E-state index is 12.5. The molecular weight excluding hydrogens is 352 g/mol. The number of rotatable bonds is 9. The van der Waals surface area contributed by atoms with Crippen molar-refractivity contribution >= 4 is 12.0 Å². The van der Waals surface area contributed by atoms with Gasteiger partial charge in [-0.2, -0.15) is 0 Å². The molecule has 1 unspecified atom stereocenters. The van der Waals surface area contributed by atoms with Crippen LogP contribution in [0.3, 0.4) is 0 Å². The molecule has 2 amide bonds. The first kappa shape index (κ1) is 21.5. The van der Waals surface area contributed by atoms with Crippen molar-refractivity contribution in [3.05, 3.63) is 73.4 Å². The van der Waals surface area contributed by atoms with Crippen molar-refractivity contribution in [1.29, 1.82) is 0 Å². The van der Waals surface area contributed by atoms with Crippen molar-refractivity contribution in [1.82, 2.24) is 9.80 Å². The summed E-state index contributed by atoms with van der Waals surface area (Å²) in [6.07, 6.45) is 10.1. The van der Waals surface area contributed by atoms with Gasteiger partial charge < -0.3 is 14.5 Å². The van der Waals surface area contributed by atoms with Crippen molar-refractivity contribution in [3.63, 3.8) is 0 Å². The van der Waals surface area contributed by atoms with Crippen LogP contribution in [0, 0.1) is 0 Å². The quantitative estimate of drug-likeness (QED) is 0.598. The second-order valence-corrected chi connectivity index (χ2v) is 6.81. The first-order chi connectivity index (χ1) is 13.7. The molecular formula is C23H30N2O3. The van der Waals surface area contributed by atoms with Crippen LogP contribution >= 0.6 is 0 Å². The van der Waals surface area contributed by atoms with Crippen LogP contribution in [0.25, 0.3) is 0 Å². The Morgan fingerprint density at radius 3 is 2.54 bits per heavy atom. The predicted molar refractivity (Wildman–Crippen MR) is 112 cm³/mol. The zero-order chi connectivity index (χ0) is 20.2. The molecule has 5 heteroatoms. The number of amides is 2. The summed E-state index contributed by atoms with van der Waals surface area (Å²) >= 11 is 0. The standard InChI is InChI=1S/C23H30N2O3/c1-3-16-24(17-4-2)22(26)15-10-14-21-13-8-9-18-25(21)23(27)28-19-20-11-6-5-7-12-20/h3-7,10-12,14,21H,1-2,8-9,13,15-19H2/b14-10+. The van der Waals surface area contributed by atoms with E-state index in [2.05, 4.69) is 13.2 Å². The number of carbonyl (C=O) groups is 2. The van der Waals surface area contributed by atoms with Crippen molar-refractivity contribution in [2.24, 2.45) is 0 Å². The Morgan fingerprint density at radius 2 is 1.86 bits per heavy atom. The fourth-order valence-corrected chi connectivity index (χ4v) is 3.23. The Labute approximate surface area is 168 Å². The fourth-order valence-electron chi connectivity index (χ4n) is 3.23. The zero-order valence-electron chi connectivity index (χ0n) is 16.5. The molecule has 0 aliphatic carbocycles.